The Morgan fingerprint density at radius 2 is 1.62 bits per heavy atom. The lowest BCUT2D eigenvalue weighted by Crippen LogP contribution is -2.13. The molecule has 0 atom stereocenters. The number of hydrogen-bond acceptors (Lipinski definition) is 3. The topological polar surface area (TPSA) is 52.0 Å². The summed E-state index contributed by atoms with van der Waals surface area (Å²) >= 11 is 3.36. The molecule has 0 radical (unpaired) electrons. The van der Waals surface area contributed by atoms with E-state index in [1.807, 2.05) is 24.3 Å². The summed E-state index contributed by atoms with van der Waals surface area (Å²) in [5, 5.41) is 0. The van der Waals surface area contributed by atoms with E-state index in [2.05, 4.69) is 20.9 Å². The molecule has 106 valence electrons. The number of benzene rings is 2. The van der Waals surface area contributed by atoms with Gasteiger partial charge in [0.25, 0.3) is 10.0 Å². The van der Waals surface area contributed by atoms with Gasteiger partial charge in [-0.1, -0.05) is 46.3 Å². The highest BCUT2D eigenvalue weighted by Crippen LogP contribution is 2.24. The smallest absolute Gasteiger partial charge is 0.236 e. The fraction of sp³-hybridized carbons (Fsp3) is 0. The van der Waals surface area contributed by atoms with Gasteiger partial charge in [0, 0.05) is 22.4 Å². The molecule has 0 aliphatic heterocycles. The first-order chi connectivity index (χ1) is 10.1. The molecule has 0 saturated carbocycles. The summed E-state index contributed by atoms with van der Waals surface area (Å²) < 4.78 is 27.5. The van der Waals surface area contributed by atoms with E-state index < -0.39 is 10.0 Å². The lowest BCUT2D eigenvalue weighted by molar-refractivity contribution is 0.588. The number of rotatable bonds is 3. The van der Waals surface area contributed by atoms with Crippen molar-refractivity contribution < 1.29 is 8.42 Å². The van der Waals surface area contributed by atoms with Crippen LogP contribution >= 0.6 is 15.9 Å². The van der Waals surface area contributed by atoms with Gasteiger partial charge in [0.2, 0.25) is 0 Å². The molecule has 0 fully saturated rings. The minimum atomic E-state index is -3.64. The summed E-state index contributed by atoms with van der Waals surface area (Å²) in [7, 11) is -3.64. The SMILES string of the molecule is O=S(=O)(c1ccccc1)n1ccnc1-c1ccc(Br)cc1. The van der Waals surface area contributed by atoms with Crippen LogP contribution in [0.25, 0.3) is 11.4 Å². The molecule has 0 unspecified atom stereocenters. The zero-order valence-electron chi connectivity index (χ0n) is 10.8. The second kappa shape index (κ2) is 5.46. The third-order valence-electron chi connectivity index (χ3n) is 3.01. The maximum absolute atomic E-state index is 12.7. The van der Waals surface area contributed by atoms with E-state index in [-0.39, 0.29) is 4.90 Å². The zero-order valence-corrected chi connectivity index (χ0v) is 13.3. The average Bonchev–Trinajstić information content (AvgIpc) is 2.99. The van der Waals surface area contributed by atoms with E-state index in [0.29, 0.717) is 5.82 Å². The number of nitrogens with zero attached hydrogens (tertiary/aromatic N) is 2. The fourth-order valence-corrected chi connectivity index (χ4v) is 3.58. The molecule has 1 aromatic heterocycles. The van der Waals surface area contributed by atoms with E-state index in [0.717, 1.165) is 10.0 Å². The second-order valence-corrected chi connectivity index (χ2v) is 7.10. The Morgan fingerprint density at radius 1 is 0.952 bits per heavy atom. The van der Waals surface area contributed by atoms with Crippen molar-refractivity contribution in [2.24, 2.45) is 0 Å². The number of imidazole rings is 1. The molecule has 21 heavy (non-hydrogen) atoms. The maximum Gasteiger partial charge on any atom is 0.269 e. The molecule has 2 aromatic carbocycles. The Balaban J connectivity index is 2.13. The molecule has 0 aliphatic rings. The lowest BCUT2D eigenvalue weighted by atomic mass is 10.2. The van der Waals surface area contributed by atoms with Gasteiger partial charge in [-0.3, -0.25) is 0 Å². The van der Waals surface area contributed by atoms with Crippen LogP contribution in [0, 0.1) is 0 Å². The van der Waals surface area contributed by atoms with Gasteiger partial charge in [0.05, 0.1) is 4.90 Å². The van der Waals surface area contributed by atoms with Gasteiger partial charge in [0.15, 0.2) is 5.82 Å². The van der Waals surface area contributed by atoms with Crippen molar-refractivity contribution in [3.63, 3.8) is 0 Å². The van der Waals surface area contributed by atoms with Gasteiger partial charge >= 0.3 is 0 Å². The van der Waals surface area contributed by atoms with Crippen molar-refractivity contribution >= 4 is 26.0 Å². The van der Waals surface area contributed by atoms with Gasteiger partial charge in [-0.15, -0.1) is 0 Å². The molecule has 0 spiro atoms. The fourth-order valence-electron chi connectivity index (χ4n) is 1.99. The van der Waals surface area contributed by atoms with Crippen molar-refractivity contribution in [3.8, 4) is 11.4 Å². The van der Waals surface area contributed by atoms with Crippen LogP contribution in [0.15, 0.2) is 76.4 Å². The molecule has 4 nitrogen and oxygen atoms in total. The molecule has 6 heteroatoms. The van der Waals surface area contributed by atoms with Crippen LogP contribution in [0.2, 0.25) is 0 Å². The molecular weight excluding hydrogens is 352 g/mol. The average molecular weight is 363 g/mol. The highest BCUT2D eigenvalue weighted by molar-refractivity contribution is 9.10. The summed E-state index contributed by atoms with van der Waals surface area (Å²) in [4.78, 5) is 4.41. The maximum atomic E-state index is 12.7. The van der Waals surface area contributed by atoms with Crippen molar-refractivity contribution in [1.29, 1.82) is 0 Å². The lowest BCUT2D eigenvalue weighted by Gasteiger charge is -2.09. The number of hydrogen-bond donors (Lipinski definition) is 0. The molecule has 0 N–H and O–H groups in total. The van der Waals surface area contributed by atoms with Crippen molar-refractivity contribution in [2.45, 2.75) is 4.90 Å². The van der Waals surface area contributed by atoms with Crippen LogP contribution < -0.4 is 0 Å². The molecular formula is C15H11BrN2O2S. The molecule has 1 heterocycles. The molecule has 0 bridgehead atoms. The predicted molar refractivity (Wildman–Crippen MR) is 84.4 cm³/mol. The van der Waals surface area contributed by atoms with Crippen LogP contribution in [0.4, 0.5) is 0 Å². The first-order valence-corrected chi connectivity index (χ1v) is 8.42. The molecule has 0 aliphatic carbocycles. The van der Waals surface area contributed by atoms with Crippen molar-refractivity contribution in [2.75, 3.05) is 0 Å². The molecule has 3 rings (SSSR count). The Bertz CT molecular complexity index is 856. The zero-order chi connectivity index (χ0) is 14.9. The monoisotopic (exact) mass is 362 g/mol. The third-order valence-corrected chi connectivity index (χ3v) is 5.22. The van der Waals surface area contributed by atoms with E-state index in [4.69, 9.17) is 0 Å². The van der Waals surface area contributed by atoms with E-state index >= 15 is 0 Å². The summed E-state index contributed by atoms with van der Waals surface area (Å²) in [6.07, 6.45) is 2.94. The van der Waals surface area contributed by atoms with Crippen LogP contribution in [0.5, 0.6) is 0 Å². The van der Waals surface area contributed by atoms with E-state index in [9.17, 15) is 8.42 Å². The third kappa shape index (κ3) is 2.64. The molecule has 0 saturated heterocycles. The highest BCUT2D eigenvalue weighted by Gasteiger charge is 2.20. The number of aromatic nitrogens is 2. The summed E-state index contributed by atoms with van der Waals surface area (Å²) in [6.45, 7) is 0. The Morgan fingerprint density at radius 3 is 2.29 bits per heavy atom. The minimum Gasteiger partial charge on any atom is -0.236 e. The summed E-state index contributed by atoms with van der Waals surface area (Å²) in [5.74, 6) is 0.395. The van der Waals surface area contributed by atoms with Gasteiger partial charge in [-0.2, -0.15) is 0 Å². The van der Waals surface area contributed by atoms with Gasteiger partial charge in [0.1, 0.15) is 0 Å². The first-order valence-electron chi connectivity index (χ1n) is 6.19. The van der Waals surface area contributed by atoms with Gasteiger partial charge in [-0.05, 0) is 24.3 Å². The van der Waals surface area contributed by atoms with E-state index in [1.54, 1.807) is 30.3 Å². The standard InChI is InChI=1S/C15H11BrN2O2S/c16-13-8-6-12(7-9-13)15-17-10-11-18(15)21(19,20)14-4-2-1-3-5-14/h1-11H. The van der Waals surface area contributed by atoms with Crippen LogP contribution in [-0.2, 0) is 10.0 Å². The summed E-state index contributed by atoms with van der Waals surface area (Å²) in [5.41, 5.74) is 0.739. The van der Waals surface area contributed by atoms with Gasteiger partial charge < -0.3 is 0 Å². The largest absolute Gasteiger partial charge is 0.269 e. The molecule has 3 aromatic rings. The van der Waals surface area contributed by atoms with E-state index in [1.165, 1.54) is 16.4 Å². The van der Waals surface area contributed by atoms with Crippen LogP contribution in [-0.4, -0.2) is 17.4 Å². The quantitative estimate of drug-likeness (QED) is 0.715. The van der Waals surface area contributed by atoms with Crippen molar-refractivity contribution in [1.82, 2.24) is 8.96 Å². The minimum absolute atomic E-state index is 0.237. The first kappa shape index (κ1) is 14.0. The number of halogens is 1. The normalized spacial score (nSPS) is 11.5. The van der Waals surface area contributed by atoms with Gasteiger partial charge in [-0.25, -0.2) is 17.4 Å². The van der Waals surface area contributed by atoms with Crippen LogP contribution in [0.3, 0.4) is 0 Å². The highest BCUT2D eigenvalue weighted by atomic mass is 79.9. The Labute approximate surface area is 131 Å². The second-order valence-electron chi connectivity index (χ2n) is 4.37. The van der Waals surface area contributed by atoms with Crippen LogP contribution in [0.1, 0.15) is 0 Å². The predicted octanol–water partition coefficient (Wildman–Crippen LogP) is 3.55. The summed E-state index contributed by atoms with van der Waals surface area (Å²) in [6, 6.07) is 15.7. The Kier molecular flexibility index (Phi) is 3.65. The van der Waals surface area contributed by atoms with Crippen molar-refractivity contribution in [3.05, 3.63) is 71.5 Å². The Hall–Kier alpha value is -1.92. The molecule has 0 amide bonds.